The van der Waals surface area contributed by atoms with Gasteiger partial charge in [-0.1, -0.05) is 54.6 Å². The van der Waals surface area contributed by atoms with Gasteiger partial charge in [0, 0.05) is 0 Å². The number of para-hydroxylation sites is 2. The summed E-state index contributed by atoms with van der Waals surface area (Å²) in [6.07, 6.45) is 3.28. The summed E-state index contributed by atoms with van der Waals surface area (Å²) in [7, 11) is 0. The molecule has 0 aliphatic carbocycles. The zero-order chi connectivity index (χ0) is 19.3. The van der Waals surface area contributed by atoms with Crippen LogP contribution in [-0.4, -0.2) is 27.9 Å². The number of aromatic amines is 1. The van der Waals surface area contributed by atoms with Gasteiger partial charge in [-0.3, -0.25) is 4.79 Å². The number of nitrogens with one attached hydrogen (secondary N) is 2. The van der Waals surface area contributed by atoms with E-state index in [1.807, 2.05) is 42.5 Å². The predicted octanol–water partition coefficient (Wildman–Crippen LogP) is 4.87. The van der Waals surface area contributed by atoms with E-state index in [0.717, 1.165) is 40.0 Å². The minimum absolute atomic E-state index is 0.0156. The molecule has 1 aromatic heterocycles. The molecule has 1 unspecified atom stereocenters. The van der Waals surface area contributed by atoms with Crippen molar-refractivity contribution in [3.63, 3.8) is 0 Å². The monoisotopic (exact) mass is 389 g/mol. The molecule has 3 aromatic carbocycles. The van der Waals surface area contributed by atoms with Gasteiger partial charge in [0.1, 0.15) is 5.82 Å². The largest absolute Gasteiger partial charge is 0.346 e. The molecule has 5 heteroatoms. The van der Waals surface area contributed by atoms with Crippen LogP contribution in [0.3, 0.4) is 0 Å². The Bertz CT molecular complexity index is 1070. The number of thioether (sulfide) groups is 1. The fourth-order valence-electron chi connectivity index (χ4n) is 3.43. The van der Waals surface area contributed by atoms with Crippen molar-refractivity contribution < 1.29 is 4.79 Å². The van der Waals surface area contributed by atoms with E-state index in [4.69, 9.17) is 0 Å². The lowest BCUT2D eigenvalue weighted by Gasteiger charge is -2.16. The number of fused-ring (bicyclic) bond motifs is 2. The first-order valence-electron chi connectivity index (χ1n) is 9.43. The second kappa shape index (κ2) is 8.48. The lowest BCUT2D eigenvalue weighted by Crippen LogP contribution is -2.31. The SMILES string of the molecule is CSCCC(NC(=O)Cc1ccc2ccccc2c1)c1nc2ccccc2[nH]1. The van der Waals surface area contributed by atoms with Crippen LogP contribution in [0.25, 0.3) is 21.8 Å². The summed E-state index contributed by atoms with van der Waals surface area (Å²) in [4.78, 5) is 20.8. The minimum atomic E-state index is -0.118. The van der Waals surface area contributed by atoms with Crippen molar-refractivity contribution in [3.8, 4) is 0 Å². The summed E-state index contributed by atoms with van der Waals surface area (Å²) in [6.45, 7) is 0. The summed E-state index contributed by atoms with van der Waals surface area (Å²) in [5.74, 6) is 1.79. The lowest BCUT2D eigenvalue weighted by molar-refractivity contribution is -0.121. The highest BCUT2D eigenvalue weighted by atomic mass is 32.2. The molecule has 4 aromatic rings. The van der Waals surface area contributed by atoms with E-state index in [1.54, 1.807) is 11.8 Å². The third-order valence-electron chi connectivity index (χ3n) is 4.86. The Morgan fingerprint density at radius 1 is 1.07 bits per heavy atom. The van der Waals surface area contributed by atoms with Crippen LogP contribution >= 0.6 is 11.8 Å². The normalized spacial score (nSPS) is 12.3. The van der Waals surface area contributed by atoms with E-state index in [0.29, 0.717) is 6.42 Å². The summed E-state index contributed by atoms with van der Waals surface area (Å²) in [6, 6.07) is 22.2. The maximum atomic E-state index is 12.8. The van der Waals surface area contributed by atoms with Crippen LogP contribution in [0.4, 0.5) is 0 Å². The molecule has 0 bridgehead atoms. The van der Waals surface area contributed by atoms with Crippen LogP contribution < -0.4 is 5.32 Å². The zero-order valence-electron chi connectivity index (χ0n) is 15.8. The lowest BCUT2D eigenvalue weighted by atomic mass is 10.0. The number of hydrogen-bond donors (Lipinski definition) is 2. The molecule has 1 amide bonds. The topological polar surface area (TPSA) is 57.8 Å². The van der Waals surface area contributed by atoms with E-state index < -0.39 is 0 Å². The van der Waals surface area contributed by atoms with Gasteiger partial charge in [0.15, 0.2) is 0 Å². The Balaban J connectivity index is 1.51. The minimum Gasteiger partial charge on any atom is -0.346 e. The van der Waals surface area contributed by atoms with Crippen LogP contribution in [0.1, 0.15) is 23.9 Å². The highest BCUT2D eigenvalue weighted by molar-refractivity contribution is 7.98. The Morgan fingerprint density at radius 2 is 1.86 bits per heavy atom. The van der Waals surface area contributed by atoms with Crippen molar-refractivity contribution in [2.45, 2.75) is 18.9 Å². The quantitative estimate of drug-likeness (QED) is 0.474. The molecular formula is C23H23N3OS. The molecule has 0 spiro atoms. The average Bonchev–Trinajstić information content (AvgIpc) is 3.15. The number of imidazole rings is 1. The average molecular weight is 390 g/mol. The summed E-state index contributed by atoms with van der Waals surface area (Å²) in [5, 5.41) is 5.52. The number of amides is 1. The molecule has 1 heterocycles. The van der Waals surface area contributed by atoms with Crippen LogP contribution in [-0.2, 0) is 11.2 Å². The van der Waals surface area contributed by atoms with E-state index in [9.17, 15) is 4.79 Å². The number of nitrogens with zero attached hydrogens (tertiary/aromatic N) is 1. The number of carbonyl (C=O) groups is 1. The smallest absolute Gasteiger partial charge is 0.225 e. The standard InChI is InChI=1S/C23H23N3OS/c1-28-13-12-21(23-25-19-8-4-5-9-20(19)26-23)24-22(27)15-16-10-11-17-6-2-3-7-18(17)14-16/h2-11,14,21H,12-13,15H2,1H3,(H,24,27)(H,25,26). The summed E-state index contributed by atoms with van der Waals surface area (Å²) >= 11 is 1.77. The van der Waals surface area contributed by atoms with Crippen molar-refractivity contribution in [2.75, 3.05) is 12.0 Å². The van der Waals surface area contributed by atoms with Crippen LogP contribution in [0.2, 0.25) is 0 Å². The first-order valence-corrected chi connectivity index (χ1v) is 10.8. The molecule has 4 nitrogen and oxygen atoms in total. The molecule has 142 valence electrons. The summed E-state index contributed by atoms with van der Waals surface area (Å²) in [5.41, 5.74) is 2.94. The highest BCUT2D eigenvalue weighted by Crippen LogP contribution is 2.21. The second-order valence-electron chi connectivity index (χ2n) is 6.90. The number of carbonyl (C=O) groups excluding carboxylic acids is 1. The van der Waals surface area contributed by atoms with Crippen LogP contribution in [0.5, 0.6) is 0 Å². The molecule has 4 rings (SSSR count). The van der Waals surface area contributed by atoms with Gasteiger partial charge >= 0.3 is 0 Å². The van der Waals surface area contributed by atoms with Gasteiger partial charge in [-0.2, -0.15) is 11.8 Å². The fourth-order valence-corrected chi connectivity index (χ4v) is 3.90. The van der Waals surface area contributed by atoms with Crippen molar-refractivity contribution in [3.05, 3.63) is 78.1 Å². The molecule has 0 saturated carbocycles. The fraction of sp³-hybridized carbons (Fsp3) is 0.217. The third-order valence-corrected chi connectivity index (χ3v) is 5.51. The van der Waals surface area contributed by atoms with E-state index >= 15 is 0 Å². The van der Waals surface area contributed by atoms with E-state index in [1.165, 1.54) is 5.39 Å². The van der Waals surface area contributed by atoms with Crippen LogP contribution in [0.15, 0.2) is 66.7 Å². The molecule has 0 saturated heterocycles. The van der Waals surface area contributed by atoms with Gasteiger partial charge < -0.3 is 10.3 Å². The number of H-pyrrole nitrogens is 1. The number of aromatic nitrogens is 2. The second-order valence-corrected chi connectivity index (χ2v) is 7.88. The number of rotatable bonds is 7. The van der Waals surface area contributed by atoms with Gasteiger partial charge in [-0.15, -0.1) is 0 Å². The van der Waals surface area contributed by atoms with Crippen molar-refractivity contribution in [1.82, 2.24) is 15.3 Å². The Kier molecular flexibility index (Phi) is 5.63. The van der Waals surface area contributed by atoms with Crippen molar-refractivity contribution >= 4 is 39.5 Å². The van der Waals surface area contributed by atoms with Gasteiger partial charge in [-0.25, -0.2) is 4.98 Å². The Morgan fingerprint density at radius 3 is 2.68 bits per heavy atom. The molecule has 0 fully saturated rings. The molecule has 2 N–H and O–H groups in total. The first kappa shape index (κ1) is 18.6. The number of benzene rings is 3. The highest BCUT2D eigenvalue weighted by Gasteiger charge is 2.18. The molecular weight excluding hydrogens is 366 g/mol. The number of hydrogen-bond acceptors (Lipinski definition) is 3. The van der Waals surface area contributed by atoms with Gasteiger partial charge in [-0.05, 0) is 46.9 Å². The zero-order valence-corrected chi connectivity index (χ0v) is 16.6. The van der Waals surface area contributed by atoms with Crippen molar-refractivity contribution in [1.29, 1.82) is 0 Å². The molecule has 0 radical (unpaired) electrons. The third kappa shape index (κ3) is 4.20. The Hall–Kier alpha value is -2.79. The van der Waals surface area contributed by atoms with Gasteiger partial charge in [0.05, 0.1) is 23.5 Å². The molecule has 1 atom stereocenters. The van der Waals surface area contributed by atoms with E-state index in [2.05, 4.69) is 45.8 Å². The molecule has 0 aliphatic heterocycles. The predicted molar refractivity (Wildman–Crippen MR) is 118 cm³/mol. The van der Waals surface area contributed by atoms with E-state index in [-0.39, 0.29) is 11.9 Å². The maximum absolute atomic E-state index is 12.8. The maximum Gasteiger partial charge on any atom is 0.225 e. The Labute approximate surface area is 168 Å². The van der Waals surface area contributed by atoms with Gasteiger partial charge in [0.25, 0.3) is 0 Å². The first-order chi connectivity index (χ1) is 13.7. The van der Waals surface area contributed by atoms with Crippen LogP contribution in [0, 0.1) is 0 Å². The molecule has 28 heavy (non-hydrogen) atoms. The van der Waals surface area contributed by atoms with Crippen molar-refractivity contribution in [2.24, 2.45) is 0 Å². The molecule has 0 aliphatic rings. The van der Waals surface area contributed by atoms with Gasteiger partial charge in [0.2, 0.25) is 5.91 Å². The summed E-state index contributed by atoms with van der Waals surface area (Å²) < 4.78 is 0.